The van der Waals surface area contributed by atoms with Crippen molar-refractivity contribution in [2.45, 2.75) is 31.7 Å². The summed E-state index contributed by atoms with van der Waals surface area (Å²) in [6.07, 6.45) is 6.52. The van der Waals surface area contributed by atoms with Gasteiger partial charge in [0, 0.05) is 32.2 Å². The van der Waals surface area contributed by atoms with Crippen LogP contribution in [0.3, 0.4) is 0 Å². The van der Waals surface area contributed by atoms with Gasteiger partial charge in [0.25, 0.3) is 0 Å². The summed E-state index contributed by atoms with van der Waals surface area (Å²) in [6.45, 7) is 7.96. The van der Waals surface area contributed by atoms with Crippen molar-refractivity contribution in [2.75, 3.05) is 26.2 Å². The van der Waals surface area contributed by atoms with Crippen molar-refractivity contribution in [3.05, 3.63) is 46.7 Å². The van der Waals surface area contributed by atoms with Gasteiger partial charge in [0.05, 0.1) is 4.47 Å². The minimum absolute atomic E-state index is 0. The van der Waals surface area contributed by atoms with Crippen molar-refractivity contribution >= 4 is 28.3 Å². The van der Waals surface area contributed by atoms with E-state index in [1.807, 2.05) is 18.2 Å². The first kappa shape index (κ1) is 19.6. The van der Waals surface area contributed by atoms with Crippen LogP contribution in [-0.4, -0.2) is 31.1 Å². The zero-order valence-corrected chi connectivity index (χ0v) is 15.3. The third-order valence-electron chi connectivity index (χ3n) is 4.06. The Balaban J connectivity index is 0.00000242. The minimum atomic E-state index is -0.190. The number of nitrogens with zero attached hydrogens (tertiary/aromatic N) is 1. The molecule has 0 bridgehead atoms. The van der Waals surface area contributed by atoms with Crippen molar-refractivity contribution in [3.8, 4) is 0 Å². The van der Waals surface area contributed by atoms with Crippen LogP contribution >= 0.6 is 28.3 Å². The Morgan fingerprint density at radius 1 is 1.32 bits per heavy atom. The number of piperazine rings is 1. The predicted molar refractivity (Wildman–Crippen MR) is 97.2 cm³/mol. The molecule has 124 valence electrons. The first-order valence-electron chi connectivity index (χ1n) is 7.73. The van der Waals surface area contributed by atoms with Crippen LogP contribution in [-0.2, 0) is 0 Å². The second-order valence-corrected chi connectivity index (χ2v) is 6.40. The number of nitrogens with one attached hydrogen (secondary N) is 1. The monoisotopic (exact) mass is 390 g/mol. The quantitative estimate of drug-likeness (QED) is 0.535. The summed E-state index contributed by atoms with van der Waals surface area (Å²) in [7, 11) is 0. The van der Waals surface area contributed by atoms with Gasteiger partial charge < -0.3 is 5.32 Å². The van der Waals surface area contributed by atoms with Crippen LogP contribution in [0.25, 0.3) is 0 Å². The van der Waals surface area contributed by atoms with Crippen molar-refractivity contribution in [2.24, 2.45) is 0 Å². The molecule has 0 unspecified atom stereocenters. The van der Waals surface area contributed by atoms with Gasteiger partial charge in [-0.3, -0.25) is 4.90 Å². The highest BCUT2D eigenvalue weighted by Crippen LogP contribution is 2.30. The lowest BCUT2D eigenvalue weighted by Gasteiger charge is -2.35. The maximum absolute atomic E-state index is 13.5. The number of allylic oxidation sites excluding steroid dienone is 1. The highest BCUT2D eigenvalue weighted by atomic mass is 79.9. The number of benzene rings is 1. The molecular weight excluding hydrogens is 367 g/mol. The van der Waals surface area contributed by atoms with E-state index in [9.17, 15) is 4.39 Å². The van der Waals surface area contributed by atoms with E-state index in [4.69, 9.17) is 0 Å². The highest BCUT2D eigenvalue weighted by molar-refractivity contribution is 9.10. The minimum Gasteiger partial charge on any atom is -0.314 e. The molecule has 0 spiro atoms. The number of hydrogen-bond acceptors (Lipinski definition) is 2. The van der Waals surface area contributed by atoms with Crippen LogP contribution in [0, 0.1) is 5.82 Å². The van der Waals surface area contributed by atoms with Crippen LogP contribution < -0.4 is 5.32 Å². The molecule has 1 atom stereocenters. The zero-order valence-electron chi connectivity index (χ0n) is 12.9. The molecule has 2 rings (SSSR count). The average Bonchev–Trinajstić information content (AvgIpc) is 2.51. The van der Waals surface area contributed by atoms with Crippen molar-refractivity contribution in [1.29, 1.82) is 0 Å². The van der Waals surface area contributed by atoms with Crippen molar-refractivity contribution in [3.63, 3.8) is 0 Å². The topological polar surface area (TPSA) is 15.3 Å². The SMILES string of the molecule is C=CCCCC[C@@H](c1ccc(F)c(Br)c1)N1CCNCC1.Cl. The number of halogens is 3. The molecule has 0 saturated carbocycles. The molecule has 5 heteroatoms. The lowest BCUT2D eigenvalue weighted by atomic mass is 9.98. The Hall–Kier alpha value is -0.420. The summed E-state index contributed by atoms with van der Waals surface area (Å²) in [5, 5.41) is 3.39. The molecular formula is C17H25BrClFN2. The molecule has 0 radical (unpaired) electrons. The Bertz CT molecular complexity index is 464. The molecule has 22 heavy (non-hydrogen) atoms. The van der Waals surface area contributed by atoms with Crippen LogP contribution in [0.15, 0.2) is 35.3 Å². The lowest BCUT2D eigenvalue weighted by Crippen LogP contribution is -2.45. The standard InChI is InChI=1S/C17H24BrFN2.ClH/c1-2-3-4-5-6-17(21-11-9-20-10-12-21)14-7-8-16(19)15(18)13-14;/h2,7-8,13,17,20H,1,3-6,9-12H2;1H/t17-;/m0./s1. The summed E-state index contributed by atoms with van der Waals surface area (Å²) in [6, 6.07) is 5.82. The lowest BCUT2D eigenvalue weighted by molar-refractivity contribution is 0.163. The summed E-state index contributed by atoms with van der Waals surface area (Å²) >= 11 is 3.31. The molecule has 1 heterocycles. The molecule has 0 aromatic heterocycles. The molecule has 1 N–H and O–H groups in total. The zero-order chi connectivity index (χ0) is 15.1. The van der Waals surface area contributed by atoms with Gasteiger partial charge in [0.15, 0.2) is 0 Å². The van der Waals surface area contributed by atoms with Crippen molar-refractivity contribution < 1.29 is 4.39 Å². The van der Waals surface area contributed by atoms with E-state index in [1.54, 1.807) is 6.07 Å². The van der Waals surface area contributed by atoms with E-state index < -0.39 is 0 Å². The molecule has 1 aromatic rings. The second-order valence-electron chi connectivity index (χ2n) is 5.55. The van der Waals surface area contributed by atoms with Gasteiger partial charge in [-0.2, -0.15) is 0 Å². The number of rotatable bonds is 7. The van der Waals surface area contributed by atoms with E-state index in [0.717, 1.165) is 39.0 Å². The fraction of sp³-hybridized carbons (Fsp3) is 0.529. The molecule has 1 aromatic carbocycles. The third-order valence-corrected chi connectivity index (χ3v) is 4.66. The smallest absolute Gasteiger partial charge is 0.137 e. The molecule has 1 aliphatic rings. The Morgan fingerprint density at radius 3 is 2.68 bits per heavy atom. The molecule has 2 nitrogen and oxygen atoms in total. The first-order chi connectivity index (χ1) is 10.2. The largest absolute Gasteiger partial charge is 0.314 e. The Morgan fingerprint density at radius 2 is 2.05 bits per heavy atom. The fourth-order valence-corrected chi connectivity index (χ4v) is 3.30. The summed E-state index contributed by atoms with van der Waals surface area (Å²) in [5.74, 6) is -0.190. The van der Waals surface area contributed by atoms with Crippen LogP contribution in [0.1, 0.15) is 37.3 Å². The molecule has 1 aliphatic heterocycles. The van der Waals surface area contributed by atoms with E-state index in [0.29, 0.717) is 10.5 Å². The maximum atomic E-state index is 13.5. The third kappa shape index (κ3) is 5.65. The second kappa shape index (κ2) is 10.4. The number of hydrogen-bond donors (Lipinski definition) is 1. The summed E-state index contributed by atoms with van der Waals surface area (Å²) < 4.78 is 14.0. The highest BCUT2D eigenvalue weighted by Gasteiger charge is 2.22. The molecule has 0 amide bonds. The van der Waals surface area contributed by atoms with Gasteiger partial charge in [-0.15, -0.1) is 19.0 Å². The van der Waals surface area contributed by atoms with Gasteiger partial charge >= 0.3 is 0 Å². The van der Waals surface area contributed by atoms with Gasteiger partial charge in [0.2, 0.25) is 0 Å². The molecule has 1 saturated heterocycles. The molecule has 1 fully saturated rings. The Labute approximate surface area is 147 Å². The van der Waals surface area contributed by atoms with Gasteiger partial charge in [-0.25, -0.2) is 4.39 Å². The number of unbranched alkanes of at least 4 members (excludes halogenated alkanes) is 2. The van der Waals surface area contributed by atoms with Crippen LogP contribution in [0.4, 0.5) is 4.39 Å². The Kier molecular flexibility index (Phi) is 9.25. The first-order valence-corrected chi connectivity index (χ1v) is 8.52. The molecule has 0 aliphatic carbocycles. The van der Waals surface area contributed by atoms with Gasteiger partial charge in [-0.05, 0) is 52.9 Å². The van der Waals surface area contributed by atoms with Gasteiger partial charge in [0.1, 0.15) is 5.82 Å². The summed E-state index contributed by atoms with van der Waals surface area (Å²) in [4.78, 5) is 2.52. The van der Waals surface area contributed by atoms with Crippen LogP contribution in [0.2, 0.25) is 0 Å². The maximum Gasteiger partial charge on any atom is 0.137 e. The van der Waals surface area contributed by atoms with E-state index in [1.165, 1.54) is 18.4 Å². The fourth-order valence-electron chi connectivity index (χ4n) is 2.90. The predicted octanol–water partition coefficient (Wildman–Crippen LogP) is 4.70. The average molecular weight is 392 g/mol. The van der Waals surface area contributed by atoms with E-state index in [-0.39, 0.29) is 18.2 Å². The van der Waals surface area contributed by atoms with E-state index in [2.05, 4.69) is 32.7 Å². The van der Waals surface area contributed by atoms with Crippen LogP contribution in [0.5, 0.6) is 0 Å². The van der Waals surface area contributed by atoms with Crippen molar-refractivity contribution in [1.82, 2.24) is 10.2 Å². The normalized spacial score (nSPS) is 16.8. The van der Waals surface area contributed by atoms with Gasteiger partial charge in [-0.1, -0.05) is 18.6 Å². The van der Waals surface area contributed by atoms with E-state index >= 15 is 0 Å². The summed E-state index contributed by atoms with van der Waals surface area (Å²) in [5.41, 5.74) is 1.21.